The minimum Gasteiger partial charge on any atom is -0.405 e. The molecule has 0 fully saturated rings. The van der Waals surface area contributed by atoms with E-state index in [1.54, 1.807) is 13.0 Å². The third-order valence-corrected chi connectivity index (χ3v) is 3.36. The monoisotopic (exact) mass is 336 g/mol. The molecule has 0 unspecified atom stereocenters. The molecule has 1 amide bonds. The summed E-state index contributed by atoms with van der Waals surface area (Å²) in [5, 5.41) is 4.22. The summed E-state index contributed by atoms with van der Waals surface area (Å²) in [5.74, 6) is -1.05. The summed E-state index contributed by atoms with van der Waals surface area (Å²) >= 11 is 0. The molecule has 24 heavy (non-hydrogen) atoms. The Bertz CT molecular complexity index is 934. The number of alkyl halides is 3. The molecule has 0 bridgehead atoms. The number of primary amides is 1. The minimum atomic E-state index is -4.82. The van der Waals surface area contributed by atoms with Gasteiger partial charge in [0, 0.05) is 23.5 Å². The quantitative estimate of drug-likeness (QED) is 0.797. The molecule has 2 aromatic heterocycles. The van der Waals surface area contributed by atoms with Gasteiger partial charge in [-0.2, -0.15) is 5.10 Å². The second-order valence-corrected chi connectivity index (χ2v) is 4.99. The highest BCUT2D eigenvalue weighted by Gasteiger charge is 2.32. The van der Waals surface area contributed by atoms with Gasteiger partial charge in [0.1, 0.15) is 11.4 Å². The molecular weight excluding hydrogens is 325 g/mol. The topological polar surface area (TPSA) is 82.5 Å². The molecule has 9 heteroatoms. The third-order valence-electron chi connectivity index (χ3n) is 3.36. The van der Waals surface area contributed by atoms with Crippen LogP contribution in [0.5, 0.6) is 5.75 Å². The van der Waals surface area contributed by atoms with Crippen LogP contribution in [0.4, 0.5) is 13.2 Å². The number of halogens is 3. The Morgan fingerprint density at radius 3 is 2.67 bits per heavy atom. The average Bonchev–Trinajstić information content (AvgIpc) is 2.82. The minimum absolute atomic E-state index is 0.136. The van der Waals surface area contributed by atoms with Gasteiger partial charge in [0.15, 0.2) is 5.65 Å². The van der Waals surface area contributed by atoms with Crippen molar-refractivity contribution in [2.24, 2.45) is 5.73 Å². The number of nitrogens with zero attached hydrogens (tertiary/aromatic N) is 3. The van der Waals surface area contributed by atoms with Gasteiger partial charge < -0.3 is 10.5 Å². The fourth-order valence-electron chi connectivity index (χ4n) is 2.31. The summed E-state index contributed by atoms with van der Waals surface area (Å²) in [4.78, 5) is 15.3. The first kappa shape index (κ1) is 15.8. The van der Waals surface area contributed by atoms with Crippen LogP contribution in [0.25, 0.3) is 16.9 Å². The predicted octanol–water partition coefficient (Wildman–Crippen LogP) is 2.70. The first-order valence-corrected chi connectivity index (χ1v) is 6.76. The first-order chi connectivity index (χ1) is 11.3. The number of ether oxygens (including phenoxy) is 1. The lowest BCUT2D eigenvalue weighted by atomic mass is 10.1. The van der Waals surface area contributed by atoms with Gasteiger partial charge in [-0.1, -0.05) is 12.1 Å². The second kappa shape index (κ2) is 5.52. The lowest BCUT2D eigenvalue weighted by Gasteiger charge is -2.12. The molecule has 0 aliphatic carbocycles. The molecule has 0 aliphatic rings. The van der Waals surface area contributed by atoms with Crippen LogP contribution in [0.15, 0.2) is 36.7 Å². The molecular formula is C15H11F3N4O2. The van der Waals surface area contributed by atoms with Gasteiger partial charge in [0.25, 0.3) is 5.91 Å². The second-order valence-electron chi connectivity index (χ2n) is 4.99. The molecule has 0 saturated heterocycles. The summed E-state index contributed by atoms with van der Waals surface area (Å²) in [6.45, 7) is 1.67. The van der Waals surface area contributed by atoms with Gasteiger partial charge in [0.05, 0.1) is 5.56 Å². The summed E-state index contributed by atoms with van der Waals surface area (Å²) in [6, 6.07) is 5.67. The van der Waals surface area contributed by atoms with Crippen LogP contribution < -0.4 is 10.5 Å². The van der Waals surface area contributed by atoms with E-state index in [-0.39, 0.29) is 22.6 Å². The number of fused-ring (bicyclic) bond motifs is 1. The molecule has 0 saturated carbocycles. The zero-order chi connectivity index (χ0) is 17.5. The van der Waals surface area contributed by atoms with E-state index < -0.39 is 12.3 Å². The maximum Gasteiger partial charge on any atom is 0.573 e. The lowest BCUT2D eigenvalue weighted by Crippen LogP contribution is -2.17. The van der Waals surface area contributed by atoms with Gasteiger partial charge in [0.2, 0.25) is 0 Å². The number of aromatic nitrogens is 3. The highest BCUT2D eigenvalue weighted by molar-refractivity contribution is 5.92. The molecule has 1 aromatic carbocycles. The zero-order valence-corrected chi connectivity index (χ0v) is 12.3. The van der Waals surface area contributed by atoms with Crippen molar-refractivity contribution in [3.8, 4) is 17.0 Å². The fraction of sp³-hybridized carbons (Fsp3) is 0.133. The Morgan fingerprint density at radius 1 is 1.29 bits per heavy atom. The highest BCUT2D eigenvalue weighted by Crippen LogP contribution is 2.35. The maximum atomic E-state index is 12.6. The Balaban J connectivity index is 2.17. The van der Waals surface area contributed by atoms with E-state index in [0.717, 1.165) is 0 Å². The molecule has 0 aliphatic heterocycles. The third kappa shape index (κ3) is 2.87. The number of aryl methyl sites for hydroxylation is 1. The Hall–Kier alpha value is -3.10. The molecule has 0 radical (unpaired) electrons. The first-order valence-electron chi connectivity index (χ1n) is 6.76. The lowest BCUT2D eigenvalue weighted by molar-refractivity contribution is -0.274. The van der Waals surface area contributed by atoms with E-state index in [4.69, 9.17) is 5.73 Å². The number of nitrogens with two attached hydrogens (primary N) is 1. The van der Waals surface area contributed by atoms with E-state index in [1.165, 1.54) is 35.1 Å². The number of hydrogen-bond acceptors (Lipinski definition) is 4. The molecule has 0 spiro atoms. The highest BCUT2D eigenvalue weighted by atomic mass is 19.4. The van der Waals surface area contributed by atoms with E-state index in [2.05, 4.69) is 14.8 Å². The van der Waals surface area contributed by atoms with Crippen LogP contribution in [0.3, 0.4) is 0 Å². The van der Waals surface area contributed by atoms with Gasteiger partial charge in [-0.25, -0.2) is 9.50 Å². The predicted molar refractivity (Wildman–Crippen MR) is 78.4 cm³/mol. The van der Waals surface area contributed by atoms with E-state index in [0.29, 0.717) is 11.2 Å². The van der Waals surface area contributed by atoms with Crippen molar-refractivity contribution in [3.63, 3.8) is 0 Å². The van der Waals surface area contributed by atoms with Gasteiger partial charge >= 0.3 is 6.36 Å². The molecule has 2 N–H and O–H groups in total. The number of carbonyl (C=O) groups is 1. The van der Waals surface area contributed by atoms with Gasteiger partial charge in [-0.15, -0.1) is 13.2 Å². The van der Waals surface area contributed by atoms with Crippen LogP contribution in [0.1, 0.15) is 15.9 Å². The number of carbonyl (C=O) groups excluding carboxylic acids is 1. The van der Waals surface area contributed by atoms with Gasteiger partial charge in [-0.05, 0) is 19.1 Å². The van der Waals surface area contributed by atoms with Crippen LogP contribution in [0.2, 0.25) is 0 Å². The number of benzene rings is 1. The van der Waals surface area contributed by atoms with Crippen molar-refractivity contribution in [3.05, 3.63) is 47.8 Å². The van der Waals surface area contributed by atoms with Crippen molar-refractivity contribution in [1.29, 1.82) is 0 Å². The van der Waals surface area contributed by atoms with Crippen LogP contribution in [0, 0.1) is 6.92 Å². The Kier molecular flexibility index (Phi) is 3.63. The molecule has 0 atom stereocenters. The van der Waals surface area contributed by atoms with E-state index >= 15 is 0 Å². The van der Waals surface area contributed by atoms with Crippen LogP contribution in [-0.4, -0.2) is 26.9 Å². The normalized spacial score (nSPS) is 11.7. The van der Waals surface area contributed by atoms with Crippen LogP contribution >= 0.6 is 0 Å². The standard InChI is InChI=1S/C15H11F3N4O2/c1-8-12(10-4-2-3-5-11(10)24-15(16,17)18)21-22-7-9(13(19)23)6-20-14(8)22/h2-7H,1H3,(H2,19,23). The summed E-state index contributed by atoms with van der Waals surface area (Å²) < 4.78 is 43.1. The fourth-order valence-corrected chi connectivity index (χ4v) is 2.31. The van der Waals surface area contributed by atoms with Crippen molar-refractivity contribution in [2.75, 3.05) is 0 Å². The Labute approximate surface area is 133 Å². The van der Waals surface area contributed by atoms with Crippen LogP contribution in [-0.2, 0) is 0 Å². The van der Waals surface area contributed by atoms with Crippen molar-refractivity contribution in [2.45, 2.75) is 13.3 Å². The molecule has 3 rings (SSSR count). The summed E-state index contributed by atoms with van der Waals surface area (Å²) in [5.41, 5.74) is 6.70. The smallest absolute Gasteiger partial charge is 0.405 e. The SMILES string of the molecule is Cc1c(-c2ccccc2OC(F)(F)F)nn2cc(C(N)=O)cnc12. The number of rotatable bonds is 3. The summed E-state index contributed by atoms with van der Waals surface area (Å²) in [6.07, 6.45) is -2.16. The van der Waals surface area contributed by atoms with Crippen molar-refractivity contribution in [1.82, 2.24) is 14.6 Å². The average molecular weight is 336 g/mol. The number of amides is 1. The molecule has 3 aromatic rings. The van der Waals surface area contributed by atoms with E-state index in [1.807, 2.05) is 0 Å². The molecule has 2 heterocycles. The summed E-state index contributed by atoms with van der Waals surface area (Å²) in [7, 11) is 0. The van der Waals surface area contributed by atoms with Crippen molar-refractivity contribution >= 4 is 11.6 Å². The Morgan fingerprint density at radius 2 is 2.00 bits per heavy atom. The maximum absolute atomic E-state index is 12.6. The zero-order valence-electron chi connectivity index (χ0n) is 12.3. The van der Waals surface area contributed by atoms with Crippen molar-refractivity contribution < 1.29 is 22.7 Å². The molecule has 6 nitrogen and oxygen atoms in total. The van der Waals surface area contributed by atoms with E-state index in [9.17, 15) is 18.0 Å². The van der Waals surface area contributed by atoms with Gasteiger partial charge in [-0.3, -0.25) is 4.79 Å². The molecule has 124 valence electrons. The number of hydrogen-bond donors (Lipinski definition) is 1. The number of para-hydroxylation sites is 1. The largest absolute Gasteiger partial charge is 0.573 e.